The van der Waals surface area contributed by atoms with Gasteiger partial charge in [-0.2, -0.15) is 4.31 Å². The van der Waals surface area contributed by atoms with Gasteiger partial charge in [-0.05, 0) is 55.5 Å². The third kappa shape index (κ3) is 4.85. The number of sulfonamides is 1. The molecule has 0 spiro atoms. The Kier molecular flexibility index (Phi) is 5.46. The molecule has 2 saturated carbocycles. The number of amides is 1. The molecule has 1 aromatic heterocycles. The highest BCUT2D eigenvalue weighted by molar-refractivity contribution is 7.91. The Morgan fingerprint density at radius 3 is 2.34 bits per heavy atom. The Balaban J connectivity index is 1.49. The van der Waals surface area contributed by atoms with Crippen LogP contribution < -0.4 is 5.32 Å². The summed E-state index contributed by atoms with van der Waals surface area (Å²) in [4.78, 5) is 23.5. The van der Waals surface area contributed by atoms with Crippen LogP contribution in [-0.2, 0) is 27.8 Å². The van der Waals surface area contributed by atoms with Gasteiger partial charge in [-0.25, -0.2) is 8.42 Å². The number of nitrogens with zero attached hydrogens (tertiary/aromatic N) is 1. The van der Waals surface area contributed by atoms with E-state index in [9.17, 15) is 18.0 Å². The first-order chi connectivity index (χ1) is 13.8. The van der Waals surface area contributed by atoms with Gasteiger partial charge in [0.25, 0.3) is 15.9 Å². The highest BCUT2D eigenvalue weighted by Gasteiger charge is 2.38. The largest absolute Gasteiger partial charge is 0.481 e. The molecule has 1 aromatic carbocycles. The summed E-state index contributed by atoms with van der Waals surface area (Å²) in [6.45, 7) is 0.226. The van der Waals surface area contributed by atoms with Crippen molar-refractivity contribution in [2.75, 3.05) is 0 Å². The summed E-state index contributed by atoms with van der Waals surface area (Å²) in [5.41, 5.74) is 1.38. The van der Waals surface area contributed by atoms with Crippen LogP contribution in [0, 0.1) is 0 Å². The van der Waals surface area contributed by atoms with E-state index in [0.29, 0.717) is 10.4 Å². The van der Waals surface area contributed by atoms with Crippen molar-refractivity contribution in [3.63, 3.8) is 0 Å². The first-order valence-corrected chi connectivity index (χ1v) is 11.8. The van der Waals surface area contributed by atoms with Crippen LogP contribution in [0.15, 0.2) is 40.6 Å². The number of carboxylic acid groups (broad SMARTS) is 1. The van der Waals surface area contributed by atoms with E-state index in [-0.39, 0.29) is 35.2 Å². The van der Waals surface area contributed by atoms with Crippen molar-refractivity contribution in [1.82, 2.24) is 9.62 Å². The second-order valence-electron chi connectivity index (χ2n) is 7.52. The molecule has 1 heterocycles. The third-order valence-electron chi connectivity index (χ3n) is 4.95. The van der Waals surface area contributed by atoms with Gasteiger partial charge in [-0.3, -0.25) is 9.59 Å². The van der Waals surface area contributed by atoms with Crippen LogP contribution in [0.2, 0.25) is 0 Å². The zero-order valence-electron chi connectivity index (χ0n) is 15.7. The molecule has 7 nitrogen and oxygen atoms in total. The van der Waals surface area contributed by atoms with E-state index in [2.05, 4.69) is 5.32 Å². The van der Waals surface area contributed by atoms with Crippen molar-refractivity contribution < 1.29 is 23.1 Å². The second kappa shape index (κ2) is 7.89. The summed E-state index contributed by atoms with van der Waals surface area (Å²) >= 11 is 1.01. The fourth-order valence-corrected chi connectivity index (χ4v) is 6.22. The average Bonchev–Trinajstić information content (AvgIpc) is 3.60. The number of hydrogen-bond acceptors (Lipinski definition) is 5. The Bertz CT molecular complexity index is 1020. The van der Waals surface area contributed by atoms with E-state index in [1.807, 2.05) is 0 Å². The summed E-state index contributed by atoms with van der Waals surface area (Å²) in [5, 5.41) is 11.8. The maximum Gasteiger partial charge on any atom is 0.308 e. The molecule has 9 heteroatoms. The zero-order valence-corrected chi connectivity index (χ0v) is 17.3. The normalized spacial score (nSPS) is 16.7. The van der Waals surface area contributed by atoms with Gasteiger partial charge >= 0.3 is 5.97 Å². The average molecular weight is 435 g/mol. The summed E-state index contributed by atoms with van der Waals surface area (Å²) in [6.07, 6.45) is 3.49. The Morgan fingerprint density at radius 2 is 1.76 bits per heavy atom. The van der Waals surface area contributed by atoms with Crippen molar-refractivity contribution in [3.8, 4) is 0 Å². The van der Waals surface area contributed by atoms with Crippen molar-refractivity contribution in [3.05, 3.63) is 52.4 Å². The molecule has 4 rings (SSSR count). The summed E-state index contributed by atoms with van der Waals surface area (Å²) in [5.74, 6) is -1.09. The first kappa shape index (κ1) is 20.1. The molecule has 2 aliphatic rings. The Labute approximate surface area is 173 Å². The maximum absolute atomic E-state index is 13.1. The number of nitrogens with one attached hydrogen (secondary N) is 1. The minimum Gasteiger partial charge on any atom is -0.481 e. The quantitative estimate of drug-likeness (QED) is 0.631. The van der Waals surface area contributed by atoms with Gasteiger partial charge in [-0.1, -0.05) is 12.1 Å². The molecule has 2 N–H and O–H groups in total. The molecular formula is C20H22N2O5S2. The predicted molar refractivity (Wildman–Crippen MR) is 108 cm³/mol. The first-order valence-electron chi connectivity index (χ1n) is 9.55. The molecule has 0 aliphatic heterocycles. The van der Waals surface area contributed by atoms with Gasteiger partial charge in [0, 0.05) is 29.1 Å². The molecule has 2 fully saturated rings. The molecule has 0 bridgehead atoms. The molecule has 0 unspecified atom stereocenters. The molecule has 0 atom stereocenters. The van der Waals surface area contributed by atoms with Gasteiger partial charge in [0.2, 0.25) is 0 Å². The molecule has 154 valence electrons. The lowest BCUT2D eigenvalue weighted by Crippen LogP contribution is -2.32. The van der Waals surface area contributed by atoms with Crippen LogP contribution in [0.3, 0.4) is 0 Å². The molecule has 0 saturated heterocycles. The van der Waals surface area contributed by atoms with Gasteiger partial charge in [-0.15, -0.1) is 11.3 Å². The van der Waals surface area contributed by atoms with Crippen LogP contribution in [0.1, 0.15) is 46.5 Å². The van der Waals surface area contributed by atoms with E-state index >= 15 is 0 Å². The van der Waals surface area contributed by atoms with Gasteiger partial charge in [0.15, 0.2) is 0 Å². The van der Waals surface area contributed by atoms with Crippen molar-refractivity contribution in [2.45, 2.75) is 54.9 Å². The number of aliphatic carboxylic acids is 1. The fourth-order valence-electron chi connectivity index (χ4n) is 3.07. The smallest absolute Gasteiger partial charge is 0.308 e. The Morgan fingerprint density at radius 1 is 1.07 bits per heavy atom. The number of rotatable bonds is 9. The number of carbonyl (C=O) groups is 2. The fraction of sp³-hybridized carbons (Fsp3) is 0.400. The van der Waals surface area contributed by atoms with Gasteiger partial charge in [0.1, 0.15) is 4.21 Å². The topological polar surface area (TPSA) is 104 Å². The highest BCUT2D eigenvalue weighted by atomic mass is 32.2. The predicted octanol–water partition coefficient (Wildman–Crippen LogP) is 2.62. The van der Waals surface area contributed by atoms with Crippen molar-refractivity contribution >= 4 is 33.2 Å². The number of benzene rings is 1. The number of carboxylic acids is 1. The van der Waals surface area contributed by atoms with E-state index in [1.54, 1.807) is 30.3 Å². The lowest BCUT2D eigenvalue weighted by molar-refractivity contribution is -0.136. The molecule has 29 heavy (non-hydrogen) atoms. The molecule has 2 aliphatic carbocycles. The Hall–Kier alpha value is -2.23. The van der Waals surface area contributed by atoms with Gasteiger partial charge < -0.3 is 10.4 Å². The number of carbonyl (C=O) groups excluding carboxylic acids is 1. The monoisotopic (exact) mass is 434 g/mol. The lowest BCUT2D eigenvalue weighted by Gasteiger charge is -2.21. The lowest BCUT2D eigenvalue weighted by atomic mass is 10.1. The maximum atomic E-state index is 13.1. The van der Waals surface area contributed by atoms with Crippen LogP contribution in [0.25, 0.3) is 0 Å². The third-order valence-corrected chi connectivity index (χ3v) is 8.40. The van der Waals surface area contributed by atoms with Gasteiger partial charge in [0.05, 0.1) is 6.42 Å². The van der Waals surface area contributed by atoms with E-state index in [4.69, 9.17) is 5.11 Å². The number of hydrogen-bond donors (Lipinski definition) is 2. The van der Waals surface area contributed by atoms with Crippen molar-refractivity contribution in [2.24, 2.45) is 0 Å². The van der Waals surface area contributed by atoms with E-state index < -0.39 is 16.0 Å². The summed E-state index contributed by atoms with van der Waals surface area (Å²) in [7, 11) is -3.71. The van der Waals surface area contributed by atoms with Crippen molar-refractivity contribution in [1.29, 1.82) is 0 Å². The SMILES string of the molecule is O=C(O)Cc1ccc(S(=O)(=O)N(Cc2ccc(C(=O)NC3CC3)cc2)C2CC2)s1. The molecule has 1 amide bonds. The summed E-state index contributed by atoms with van der Waals surface area (Å²) < 4.78 is 27.9. The standard InChI is InChI=1S/C20H22N2O5S2/c23-18(24)11-17-9-10-19(28-17)29(26,27)22(16-7-8-16)12-13-1-3-14(4-2-13)20(25)21-15-5-6-15/h1-4,9-10,15-16H,5-8,11-12H2,(H,21,25)(H,23,24). The molecule has 2 aromatic rings. The minimum atomic E-state index is -3.71. The van der Waals surface area contributed by atoms with Crippen LogP contribution >= 0.6 is 11.3 Å². The van der Waals surface area contributed by atoms with E-state index in [0.717, 1.165) is 42.6 Å². The second-order valence-corrected chi connectivity index (χ2v) is 10.8. The summed E-state index contributed by atoms with van der Waals surface area (Å²) in [6, 6.07) is 10.3. The zero-order chi connectivity index (χ0) is 20.6. The molecular weight excluding hydrogens is 412 g/mol. The highest BCUT2D eigenvalue weighted by Crippen LogP contribution is 2.35. The number of thiophene rings is 1. The molecule has 0 radical (unpaired) electrons. The van der Waals surface area contributed by atoms with E-state index in [1.165, 1.54) is 10.4 Å². The minimum absolute atomic E-state index is 0.0390. The van der Waals surface area contributed by atoms with Crippen LogP contribution in [0.5, 0.6) is 0 Å². The van der Waals surface area contributed by atoms with Crippen LogP contribution in [0.4, 0.5) is 0 Å². The van der Waals surface area contributed by atoms with Crippen LogP contribution in [-0.4, -0.2) is 41.8 Å².